The number of fused-ring (bicyclic) bond motifs is 11. The summed E-state index contributed by atoms with van der Waals surface area (Å²) in [5, 5.41) is 0. The van der Waals surface area contributed by atoms with Crippen LogP contribution in [0.5, 0.6) is 11.5 Å². The Balaban J connectivity index is 0.978. The normalized spacial score (nSPS) is 13.7. The molecule has 5 nitrogen and oxygen atoms in total. The van der Waals surface area contributed by atoms with Gasteiger partial charge in [0.2, 0.25) is 11.8 Å². The number of ether oxygens (including phenoxy) is 1. The van der Waals surface area contributed by atoms with Gasteiger partial charge in [0.1, 0.15) is 22.5 Å². The predicted octanol–water partition coefficient (Wildman–Crippen LogP) is 15.1. The summed E-state index contributed by atoms with van der Waals surface area (Å²) in [4.78, 5) is 8.84. The SMILES string of the molecule is FC(F)(F)c1ccc2oc(-c3cc(-c4ccc(-c5ccc6c(c5)C5(c7ccccc7Oc7ccccc75)c5ccccc5-6)cc4)cc(-c4nc5cc(C(F)(F)F)ccc5o4)c3)nc2c1. The number of nitrogens with zero attached hydrogens (tertiary/aromatic N) is 2. The lowest BCUT2D eigenvalue weighted by molar-refractivity contribution is -0.138. The van der Waals surface area contributed by atoms with Crippen LogP contribution >= 0.6 is 0 Å². The van der Waals surface area contributed by atoms with Gasteiger partial charge in [-0.3, -0.25) is 0 Å². The third-order valence-corrected chi connectivity index (χ3v) is 12.3. The monoisotopic (exact) mass is 854 g/mol. The molecule has 0 saturated carbocycles. The highest BCUT2D eigenvalue weighted by Crippen LogP contribution is 2.62. The van der Waals surface area contributed by atoms with Gasteiger partial charge in [-0.1, -0.05) is 97.1 Å². The van der Waals surface area contributed by atoms with Crippen molar-refractivity contribution < 1.29 is 39.9 Å². The molecule has 3 heterocycles. The molecule has 0 saturated heterocycles. The number of rotatable bonds is 4. The van der Waals surface area contributed by atoms with Crippen molar-refractivity contribution in [1.29, 1.82) is 0 Å². The lowest BCUT2D eigenvalue weighted by atomic mass is 9.66. The van der Waals surface area contributed by atoms with Gasteiger partial charge in [0.15, 0.2) is 11.2 Å². The second-order valence-corrected chi connectivity index (χ2v) is 15.9. The third kappa shape index (κ3) is 5.80. The summed E-state index contributed by atoms with van der Waals surface area (Å²) in [6, 6.07) is 50.7. The Kier molecular flexibility index (Phi) is 8.00. The molecular weight excluding hydrogens is 827 g/mol. The minimum absolute atomic E-state index is 0.00891. The lowest BCUT2D eigenvalue weighted by Gasteiger charge is -2.39. The summed E-state index contributed by atoms with van der Waals surface area (Å²) in [6.07, 6.45) is -9.17. The van der Waals surface area contributed by atoms with E-state index in [1.165, 1.54) is 17.7 Å². The molecule has 8 aromatic carbocycles. The first-order valence-corrected chi connectivity index (χ1v) is 20.3. The van der Waals surface area contributed by atoms with Gasteiger partial charge in [0.05, 0.1) is 16.5 Å². The van der Waals surface area contributed by atoms with Crippen molar-refractivity contribution in [3.8, 4) is 67.8 Å². The Morgan fingerprint density at radius 2 is 0.828 bits per heavy atom. The zero-order chi connectivity index (χ0) is 43.5. The van der Waals surface area contributed by atoms with Crippen molar-refractivity contribution in [3.63, 3.8) is 0 Å². The van der Waals surface area contributed by atoms with Gasteiger partial charge in [-0.05, 0) is 117 Å². The molecule has 2 aromatic heterocycles. The molecule has 1 aliphatic carbocycles. The maximum atomic E-state index is 13.6. The van der Waals surface area contributed by atoms with Crippen LogP contribution < -0.4 is 4.74 Å². The van der Waals surface area contributed by atoms with Crippen LogP contribution in [0.15, 0.2) is 179 Å². The number of hydrogen-bond donors (Lipinski definition) is 0. The van der Waals surface area contributed by atoms with Gasteiger partial charge < -0.3 is 13.6 Å². The Morgan fingerprint density at radius 3 is 1.38 bits per heavy atom. The standard InChI is InChI=1S/C53H28F6N2O3/c54-52(55,56)35-18-21-47-43(27-35)60-49(63-47)33-23-32(24-34(25-33)50-61-44-28-36(53(57,58)59)19-22-48(44)64-50)30-15-13-29(14-16-30)31-17-20-38-37-7-1-2-8-39(37)51(42(38)26-31)40-9-3-5-11-45(40)62-46-12-6-4-10-41(46)51/h1-28H. The first kappa shape index (κ1) is 37.8. The molecule has 12 rings (SSSR count). The van der Waals surface area contributed by atoms with Crippen LogP contribution in [0.2, 0.25) is 0 Å². The van der Waals surface area contributed by atoms with Gasteiger partial charge in [-0.2, -0.15) is 26.3 Å². The van der Waals surface area contributed by atoms with Gasteiger partial charge in [0.25, 0.3) is 0 Å². The average molecular weight is 855 g/mol. The molecule has 0 amide bonds. The van der Waals surface area contributed by atoms with Crippen molar-refractivity contribution >= 4 is 22.2 Å². The highest BCUT2D eigenvalue weighted by molar-refractivity contribution is 5.91. The van der Waals surface area contributed by atoms with E-state index < -0.39 is 28.9 Å². The van der Waals surface area contributed by atoms with Crippen LogP contribution in [-0.2, 0) is 17.8 Å². The summed E-state index contributed by atoms with van der Waals surface area (Å²) in [7, 11) is 0. The van der Waals surface area contributed by atoms with E-state index in [0.29, 0.717) is 16.7 Å². The molecule has 2 aliphatic rings. The number of halogens is 6. The minimum atomic E-state index is -4.58. The fourth-order valence-electron chi connectivity index (χ4n) is 9.38. The largest absolute Gasteiger partial charge is 0.457 e. The minimum Gasteiger partial charge on any atom is -0.457 e. The molecular formula is C53H28F6N2O3. The molecule has 0 fully saturated rings. The average Bonchev–Trinajstić information content (AvgIpc) is 4.02. The van der Waals surface area contributed by atoms with Crippen LogP contribution in [0.25, 0.3) is 78.5 Å². The maximum absolute atomic E-state index is 13.6. The van der Waals surface area contributed by atoms with Crippen molar-refractivity contribution in [1.82, 2.24) is 9.97 Å². The molecule has 310 valence electrons. The van der Waals surface area contributed by atoms with E-state index in [1.54, 1.807) is 18.2 Å². The number of benzene rings is 8. The van der Waals surface area contributed by atoms with E-state index in [2.05, 4.69) is 64.6 Å². The van der Waals surface area contributed by atoms with Gasteiger partial charge in [0, 0.05) is 22.3 Å². The predicted molar refractivity (Wildman–Crippen MR) is 231 cm³/mol. The molecule has 0 N–H and O–H groups in total. The summed E-state index contributed by atoms with van der Waals surface area (Å²) < 4.78 is 100. The van der Waals surface area contributed by atoms with Crippen molar-refractivity contribution in [2.75, 3.05) is 0 Å². The topological polar surface area (TPSA) is 61.3 Å². The first-order valence-electron chi connectivity index (χ1n) is 20.3. The maximum Gasteiger partial charge on any atom is 0.416 e. The highest BCUT2D eigenvalue weighted by Gasteiger charge is 2.51. The summed E-state index contributed by atoms with van der Waals surface area (Å²) in [5.74, 6) is 1.67. The molecule has 10 aromatic rings. The van der Waals surface area contributed by atoms with E-state index in [9.17, 15) is 26.3 Å². The zero-order valence-electron chi connectivity index (χ0n) is 33.1. The van der Waals surface area contributed by atoms with Crippen LogP contribution in [0.1, 0.15) is 33.4 Å². The Bertz CT molecular complexity index is 3370. The van der Waals surface area contributed by atoms with Crippen LogP contribution in [0, 0.1) is 0 Å². The van der Waals surface area contributed by atoms with E-state index in [-0.39, 0.29) is 34.0 Å². The molecule has 0 unspecified atom stereocenters. The highest BCUT2D eigenvalue weighted by atomic mass is 19.4. The Labute approximate surface area is 359 Å². The smallest absolute Gasteiger partial charge is 0.416 e. The number of oxazole rings is 2. The van der Waals surface area contributed by atoms with E-state index in [1.807, 2.05) is 60.7 Å². The molecule has 0 bridgehead atoms. The number of hydrogen-bond acceptors (Lipinski definition) is 5. The quantitative estimate of drug-likeness (QED) is 0.165. The molecule has 0 atom stereocenters. The van der Waals surface area contributed by atoms with Gasteiger partial charge >= 0.3 is 12.4 Å². The Morgan fingerprint density at radius 1 is 0.375 bits per heavy atom. The lowest BCUT2D eigenvalue weighted by Crippen LogP contribution is -2.32. The summed E-state index contributed by atoms with van der Waals surface area (Å²) in [6.45, 7) is 0. The molecule has 1 spiro atoms. The molecule has 0 radical (unpaired) electrons. The van der Waals surface area contributed by atoms with Crippen molar-refractivity contribution in [2.45, 2.75) is 17.8 Å². The fraction of sp³-hybridized carbons (Fsp3) is 0.0566. The number of aromatic nitrogens is 2. The fourth-order valence-corrected chi connectivity index (χ4v) is 9.38. The Hall–Kier alpha value is -7.92. The van der Waals surface area contributed by atoms with Gasteiger partial charge in [-0.15, -0.1) is 0 Å². The van der Waals surface area contributed by atoms with Crippen LogP contribution in [-0.4, -0.2) is 9.97 Å². The third-order valence-electron chi connectivity index (χ3n) is 12.3. The molecule has 11 heteroatoms. The second-order valence-electron chi connectivity index (χ2n) is 15.9. The number of para-hydroxylation sites is 2. The second kappa shape index (κ2) is 13.5. The summed E-state index contributed by atoms with van der Waals surface area (Å²) in [5.41, 5.74) is 8.77. The van der Waals surface area contributed by atoms with E-state index >= 15 is 0 Å². The zero-order valence-corrected chi connectivity index (χ0v) is 33.1. The van der Waals surface area contributed by atoms with E-state index in [4.69, 9.17) is 13.6 Å². The summed E-state index contributed by atoms with van der Waals surface area (Å²) >= 11 is 0. The number of alkyl halides is 6. The van der Waals surface area contributed by atoms with E-state index in [0.717, 1.165) is 80.3 Å². The van der Waals surface area contributed by atoms with Crippen molar-refractivity contribution in [3.05, 3.63) is 203 Å². The first-order chi connectivity index (χ1) is 30.9. The van der Waals surface area contributed by atoms with Gasteiger partial charge in [-0.25, -0.2) is 9.97 Å². The van der Waals surface area contributed by atoms with Crippen molar-refractivity contribution in [2.24, 2.45) is 0 Å². The molecule has 1 aliphatic heterocycles. The molecule has 64 heavy (non-hydrogen) atoms. The van der Waals surface area contributed by atoms with Crippen LogP contribution in [0.4, 0.5) is 26.3 Å². The van der Waals surface area contributed by atoms with Crippen LogP contribution in [0.3, 0.4) is 0 Å².